The van der Waals surface area contributed by atoms with Crippen molar-refractivity contribution in [1.82, 2.24) is 9.97 Å². The largest absolute Gasteiger partial charge is 0.454 e. The van der Waals surface area contributed by atoms with Crippen LogP contribution in [0.25, 0.3) is 10.9 Å². The van der Waals surface area contributed by atoms with E-state index in [0.29, 0.717) is 23.9 Å². The summed E-state index contributed by atoms with van der Waals surface area (Å²) >= 11 is 0. The van der Waals surface area contributed by atoms with Crippen LogP contribution in [-0.2, 0) is 6.54 Å². The Balaban J connectivity index is 1.73. The minimum atomic E-state index is 0.224. The molecule has 0 saturated heterocycles. The number of ether oxygens (including phenoxy) is 2. The van der Waals surface area contributed by atoms with Gasteiger partial charge < -0.3 is 20.5 Å². The van der Waals surface area contributed by atoms with E-state index in [0.717, 1.165) is 16.5 Å². The summed E-state index contributed by atoms with van der Waals surface area (Å²) in [5.74, 6) is 2.29. The number of nitrogen functional groups attached to an aromatic ring is 1. The van der Waals surface area contributed by atoms with Gasteiger partial charge in [-0.25, -0.2) is 4.98 Å². The second-order valence-corrected chi connectivity index (χ2v) is 4.99. The molecule has 0 bridgehead atoms. The Labute approximate surface area is 126 Å². The number of fused-ring (bicyclic) bond motifs is 2. The fourth-order valence-corrected chi connectivity index (χ4v) is 2.45. The maximum atomic E-state index is 5.80. The van der Waals surface area contributed by atoms with Crippen LogP contribution >= 0.6 is 0 Å². The van der Waals surface area contributed by atoms with Gasteiger partial charge in [0.2, 0.25) is 12.7 Å². The third kappa shape index (κ3) is 2.24. The zero-order valence-corrected chi connectivity index (χ0v) is 11.7. The van der Waals surface area contributed by atoms with Gasteiger partial charge >= 0.3 is 0 Å². The first-order valence-electron chi connectivity index (χ1n) is 6.94. The molecular weight excluding hydrogens is 280 g/mol. The predicted molar refractivity (Wildman–Crippen MR) is 83.8 cm³/mol. The van der Waals surface area contributed by atoms with Crippen molar-refractivity contribution in [3.05, 3.63) is 48.0 Å². The van der Waals surface area contributed by atoms with E-state index in [9.17, 15) is 0 Å². The molecule has 0 unspecified atom stereocenters. The first kappa shape index (κ1) is 12.7. The molecule has 1 aliphatic heterocycles. The predicted octanol–water partition coefficient (Wildman–Crippen LogP) is 2.55. The molecule has 0 aliphatic carbocycles. The van der Waals surface area contributed by atoms with Crippen molar-refractivity contribution in [3.63, 3.8) is 0 Å². The van der Waals surface area contributed by atoms with Gasteiger partial charge in [-0.15, -0.1) is 0 Å². The number of hydrogen-bond donors (Lipinski definition) is 2. The van der Waals surface area contributed by atoms with Gasteiger partial charge in [0.05, 0.1) is 5.52 Å². The van der Waals surface area contributed by atoms with Crippen molar-refractivity contribution >= 4 is 22.7 Å². The molecule has 2 aromatic carbocycles. The molecular formula is C16H14N4O2. The molecule has 0 atom stereocenters. The van der Waals surface area contributed by atoms with Gasteiger partial charge in [-0.1, -0.05) is 30.3 Å². The van der Waals surface area contributed by atoms with E-state index in [1.54, 1.807) is 0 Å². The molecule has 22 heavy (non-hydrogen) atoms. The Morgan fingerprint density at radius 3 is 2.64 bits per heavy atom. The lowest BCUT2D eigenvalue weighted by Crippen LogP contribution is -2.05. The summed E-state index contributed by atoms with van der Waals surface area (Å²) in [6.07, 6.45) is 0. The van der Waals surface area contributed by atoms with Gasteiger partial charge in [0.25, 0.3) is 0 Å². The van der Waals surface area contributed by atoms with Crippen LogP contribution in [0, 0.1) is 0 Å². The molecule has 1 aromatic heterocycles. The standard InChI is InChI=1S/C16H14N4O2/c17-16-19-12-7-14-13(21-9-22-14)6-11(12)15(20-16)18-8-10-4-2-1-3-5-10/h1-7H,8-9H2,(H3,17,18,19,20). The lowest BCUT2D eigenvalue weighted by atomic mass is 10.2. The monoisotopic (exact) mass is 294 g/mol. The quantitative estimate of drug-likeness (QED) is 0.772. The van der Waals surface area contributed by atoms with E-state index in [1.165, 1.54) is 0 Å². The minimum absolute atomic E-state index is 0.224. The van der Waals surface area contributed by atoms with Gasteiger partial charge in [0, 0.05) is 18.0 Å². The zero-order chi connectivity index (χ0) is 14.9. The van der Waals surface area contributed by atoms with E-state index >= 15 is 0 Å². The van der Waals surface area contributed by atoms with Crippen LogP contribution in [0.1, 0.15) is 5.56 Å². The smallest absolute Gasteiger partial charge is 0.231 e. The highest BCUT2D eigenvalue weighted by Crippen LogP contribution is 2.37. The Kier molecular flexibility index (Phi) is 2.93. The van der Waals surface area contributed by atoms with E-state index in [2.05, 4.69) is 15.3 Å². The van der Waals surface area contributed by atoms with Crippen molar-refractivity contribution in [1.29, 1.82) is 0 Å². The number of hydrogen-bond acceptors (Lipinski definition) is 6. The van der Waals surface area contributed by atoms with Crippen molar-refractivity contribution in [2.24, 2.45) is 0 Å². The molecule has 110 valence electrons. The molecule has 0 radical (unpaired) electrons. The highest BCUT2D eigenvalue weighted by Gasteiger charge is 2.17. The number of aromatic nitrogens is 2. The zero-order valence-electron chi connectivity index (χ0n) is 11.7. The normalized spacial score (nSPS) is 12.5. The van der Waals surface area contributed by atoms with E-state index in [4.69, 9.17) is 15.2 Å². The number of nitrogens with one attached hydrogen (secondary N) is 1. The van der Waals surface area contributed by atoms with Crippen molar-refractivity contribution in [2.75, 3.05) is 17.8 Å². The van der Waals surface area contributed by atoms with Gasteiger partial charge in [0.1, 0.15) is 5.82 Å². The Bertz CT molecular complexity index is 836. The maximum absolute atomic E-state index is 5.80. The van der Waals surface area contributed by atoms with E-state index < -0.39 is 0 Å². The third-order valence-electron chi connectivity index (χ3n) is 3.51. The highest BCUT2D eigenvalue weighted by atomic mass is 16.7. The average molecular weight is 294 g/mol. The molecule has 3 aromatic rings. The summed E-state index contributed by atoms with van der Waals surface area (Å²) < 4.78 is 10.8. The summed E-state index contributed by atoms with van der Waals surface area (Å²) in [7, 11) is 0. The highest BCUT2D eigenvalue weighted by molar-refractivity contribution is 5.92. The van der Waals surface area contributed by atoms with E-state index in [1.807, 2.05) is 42.5 Å². The van der Waals surface area contributed by atoms with Crippen LogP contribution in [0.15, 0.2) is 42.5 Å². The molecule has 0 spiro atoms. The SMILES string of the molecule is Nc1nc(NCc2ccccc2)c2cc3c(cc2n1)OCO3. The second-order valence-electron chi connectivity index (χ2n) is 4.99. The Morgan fingerprint density at radius 1 is 1.05 bits per heavy atom. The van der Waals surface area contributed by atoms with Crippen LogP contribution in [0.4, 0.5) is 11.8 Å². The molecule has 0 amide bonds. The molecule has 2 heterocycles. The van der Waals surface area contributed by atoms with Crippen molar-refractivity contribution in [2.45, 2.75) is 6.54 Å². The van der Waals surface area contributed by atoms with Crippen LogP contribution in [-0.4, -0.2) is 16.8 Å². The summed E-state index contributed by atoms with van der Waals surface area (Å²) in [6.45, 7) is 0.877. The Hall–Kier alpha value is -3.02. The lowest BCUT2D eigenvalue weighted by molar-refractivity contribution is 0.174. The fraction of sp³-hybridized carbons (Fsp3) is 0.125. The minimum Gasteiger partial charge on any atom is -0.454 e. The van der Waals surface area contributed by atoms with Crippen molar-refractivity contribution < 1.29 is 9.47 Å². The van der Waals surface area contributed by atoms with Gasteiger partial charge in [-0.2, -0.15) is 4.98 Å². The van der Waals surface area contributed by atoms with Crippen LogP contribution in [0.3, 0.4) is 0 Å². The van der Waals surface area contributed by atoms with Crippen LogP contribution in [0.2, 0.25) is 0 Å². The molecule has 4 rings (SSSR count). The van der Waals surface area contributed by atoms with E-state index in [-0.39, 0.29) is 12.7 Å². The van der Waals surface area contributed by atoms with Gasteiger partial charge in [-0.05, 0) is 11.6 Å². The van der Waals surface area contributed by atoms with Crippen LogP contribution in [0.5, 0.6) is 11.5 Å². The number of rotatable bonds is 3. The first-order chi connectivity index (χ1) is 10.8. The second kappa shape index (κ2) is 5.07. The molecule has 3 N–H and O–H groups in total. The topological polar surface area (TPSA) is 82.3 Å². The number of anilines is 2. The third-order valence-corrected chi connectivity index (χ3v) is 3.51. The Morgan fingerprint density at radius 2 is 1.82 bits per heavy atom. The summed E-state index contributed by atoms with van der Waals surface area (Å²) in [4.78, 5) is 8.56. The molecule has 0 saturated carbocycles. The molecule has 0 fully saturated rings. The van der Waals surface area contributed by atoms with Crippen LogP contribution < -0.4 is 20.5 Å². The van der Waals surface area contributed by atoms with Crippen molar-refractivity contribution in [3.8, 4) is 11.5 Å². The maximum Gasteiger partial charge on any atom is 0.231 e. The molecule has 6 nitrogen and oxygen atoms in total. The van der Waals surface area contributed by atoms with Gasteiger partial charge in [-0.3, -0.25) is 0 Å². The fourth-order valence-electron chi connectivity index (χ4n) is 2.45. The summed E-state index contributed by atoms with van der Waals surface area (Å²) in [5, 5.41) is 4.16. The molecule has 6 heteroatoms. The first-order valence-corrected chi connectivity index (χ1v) is 6.94. The number of benzene rings is 2. The lowest BCUT2D eigenvalue weighted by Gasteiger charge is -2.10. The summed E-state index contributed by atoms with van der Waals surface area (Å²) in [5.41, 5.74) is 7.69. The molecule has 1 aliphatic rings. The number of nitrogens with two attached hydrogens (primary N) is 1. The summed E-state index contributed by atoms with van der Waals surface area (Å²) in [6, 6.07) is 13.8. The number of nitrogens with zero attached hydrogens (tertiary/aromatic N) is 2. The average Bonchev–Trinajstić information content (AvgIpc) is 2.99. The van der Waals surface area contributed by atoms with Gasteiger partial charge in [0.15, 0.2) is 11.5 Å².